The second-order valence-electron chi connectivity index (χ2n) is 6.93. The van der Waals surface area contributed by atoms with Gasteiger partial charge in [-0.1, -0.05) is 36.4 Å². The third-order valence-electron chi connectivity index (χ3n) is 4.87. The number of aromatic hydroxyl groups is 1. The Labute approximate surface area is 174 Å². The standard InChI is InChI=1S/C23H22N4O3/c1-3-30-23(29)19-13-27-21(18(19)11-16-7-5-4-6-8-16)22(24-14-25-27)26-17-10-9-15(2)20(28)12-17/h4-10,12-14,28H,3,11H2,1-2H3,(H,24,25,26). The lowest BCUT2D eigenvalue weighted by molar-refractivity contribution is 0.0525. The Bertz CT molecular complexity index is 1200. The summed E-state index contributed by atoms with van der Waals surface area (Å²) in [7, 11) is 0. The zero-order valence-corrected chi connectivity index (χ0v) is 16.8. The number of phenols is 1. The Morgan fingerprint density at radius 2 is 2.00 bits per heavy atom. The van der Waals surface area contributed by atoms with Crippen molar-refractivity contribution in [2.45, 2.75) is 20.3 Å². The van der Waals surface area contributed by atoms with Crippen LogP contribution < -0.4 is 5.32 Å². The van der Waals surface area contributed by atoms with Crippen molar-refractivity contribution >= 4 is 23.0 Å². The molecule has 4 rings (SSSR count). The van der Waals surface area contributed by atoms with Crippen molar-refractivity contribution in [1.29, 1.82) is 0 Å². The van der Waals surface area contributed by atoms with Crippen molar-refractivity contribution in [3.63, 3.8) is 0 Å². The third kappa shape index (κ3) is 3.82. The van der Waals surface area contributed by atoms with Crippen LogP contribution in [0, 0.1) is 6.92 Å². The van der Waals surface area contributed by atoms with Crippen molar-refractivity contribution in [2.24, 2.45) is 0 Å². The predicted molar refractivity (Wildman–Crippen MR) is 114 cm³/mol. The summed E-state index contributed by atoms with van der Waals surface area (Å²) >= 11 is 0. The predicted octanol–water partition coefficient (Wildman–Crippen LogP) is 4.25. The minimum Gasteiger partial charge on any atom is -0.508 e. The van der Waals surface area contributed by atoms with Crippen molar-refractivity contribution in [2.75, 3.05) is 11.9 Å². The molecule has 30 heavy (non-hydrogen) atoms. The highest BCUT2D eigenvalue weighted by molar-refractivity contribution is 5.96. The fourth-order valence-corrected chi connectivity index (χ4v) is 3.35. The Hall–Kier alpha value is -3.87. The van der Waals surface area contributed by atoms with Crippen LogP contribution in [-0.4, -0.2) is 32.3 Å². The van der Waals surface area contributed by atoms with E-state index in [-0.39, 0.29) is 12.4 Å². The molecule has 7 nitrogen and oxygen atoms in total. The van der Waals surface area contributed by atoms with E-state index in [1.807, 2.05) is 49.4 Å². The number of benzene rings is 2. The summed E-state index contributed by atoms with van der Waals surface area (Å²) in [6.07, 6.45) is 3.61. The van der Waals surface area contributed by atoms with Crippen LogP contribution in [0.15, 0.2) is 61.1 Å². The highest BCUT2D eigenvalue weighted by atomic mass is 16.5. The molecule has 0 radical (unpaired) electrons. The van der Waals surface area contributed by atoms with Crippen LogP contribution in [0.3, 0.4) is 0 Å². The summed E-state index contributed by atoms with van der Waals surface area (Å²) < 4.78 is 6.90. The smallest absolute Gasteiger partial charge is 0.340 e. The summed E-state index contributed by atoms with van der Waals surface area (Å²) in [6, 6.07) is 15.2. The van der Waals surface area contributed by atoms with Gasteiger partial charge in [-0.25, -0.2) is 14.3 Å². The highest BCUT2D eigenvalue weighted by Crippen LogP contribution is 2.30. The molecule has 0 bridgehead atoms. The molecule has 7 heteroatoms. The average Bonchev–Trinajstić information content (AvgIpc) is 3.11. The van der Waals surface area contributed by atoms with E-state index in [0.29, 0.717) is 29.0 Å². The molecule has 0 aliphatic heterocycles. The number of hydrogen-bond acceptors (Lipinski definition) is 6. The molecule has 2 aromatic carbocycles. The average molecular weight is 402 g/mol. The normalized spacial score (nSPS) is 10.9. The summed E-state index contributed by atoms with van der Waals surface area (Å²) in [4.78, 5) is 17.0. The van der Waals surface area contributed by atoms with Gasteiger partial charge in [0.25, 0.3) is 0 Å². The van der Waals surface area contributed by atoms with E-state index >= 15 is 0 Å². The SMILES string of the molecule is CCOC(=O)c1cn2ncnc(Nc3ccc(C)c(O)c3)c2c1Cc1ccccc1. The molecule has 0 amide bonds. The van der Waals surface area contributed by atoms with Crippen LogP contribution in [0.25, 0.3) is 5.52 Å². The van der Waals surface area contributed by atoms with Gasteiger partial charge in [0, 0.05) is 29.9 Å². The Morgan fingerprint density at radius 3 is 2.73 bits per heavy atom. The maximum Gasteiger partial charge on any atom is 0.340 e. The van der Waals surface area contributed by atoms with Gasteiger partial charge in [0.05, 0.1) is 12.2 Å². The summed E-state index contributed by atoms with van der Waals surface area (Å²) in [5, 5.41) is 17.6. The van der Waals surface area contributed by atoms with Gasteiger partial charge >= 0.3 is 5.97 Å². The number of nitrogens with zero attached hydrogens (tertiary/aromatic N) is 3. The number of carbonyl (C=O) groups excluding carboxylic acids is 1. The van der Waals surface area contributed by atoms with Crippen LogP contribution in [-0.2, 0) is 11.2 Å². The van der Waals surface area contributed by atoms with Gasteiger partial charge in [0.15, 0.2) is 5.82 Å². The third-order valence-corrected chi connectivity index (χ3v) is 4.87. The molecule has 0 aliphatic rings. The first-order valence-corrected chi connectivity index (χ1v) is 9.69. The van der Waals surface area contributed by atoms with Gasteiger partial charge in [-0.2, -0.15) is 5.10 Å². The van der Waals surface area contributed by atoms with Crippen molar-refractivity contribution < 1.29 is 14.6 Å². The summed E-state index contributed by atoms with van der Waals surface area (Å²) in [5.74, 6) is 0.333. The van der Waals surface area contributed by atoms with Gasteiger partial charge < -0.3 is 15.2 Å². The fraction of sp³-hybridized carbons (Fsp3) is 0.174. The number of rotatable bonds is 6. The highest BCUT2D eigenvalue weighted by Gasteiger charge is 2.22. The fourth-order valence-electron chi connectivity index (χ4n) is 3.35. The van der Waals surface area contributed by atoms with Crippen molar-refractivity contribution in [3.8, 4) is 5.75 Å². The van der Waals surface area contributed by atoms with Crippen molar-refractivity contribution in [3.05, 3.63) is 83.3 Å². The van der Waals surface area contributed by atoms with Crippen LogP contribution in [0.5, 0.6) is 5.75 Å². The molecule has 0 fully saturated rings. The largest absolute Gasteiger partial charge is 0.508 e. The van der Waals surface area contributed by atoms with Crippen LogP contribution in [0.1, 0.15) is 34.0 Å². The zero-order valence-electron chi connectivity index (χ0n) is 16.8. The number of aryl methyl sites for hydroxylation is 1. The topological polar surface area (TPSA) is 88.8 Å². The maximum atomic E-state index is 12.6. The maximum absolute atomic E-state index is 12.6. The number of phenolic OH excluding ortho intramolecular Hbond substituents is 1. The molecule has 152 valence electrons. The molecule has 2 heterocycles. The van der Waals surface area contributed by atoms with Crippen LogP contribution in [0.4, 0.5) is 11.5 Å². The lowest BCUT2D eigenvalue weighted by Gasteiger charge is -2.11. The van der Waals surface area contributed by atoms with Gasteiger partial charge in [-0.05, 0) is 31.0 Å². The van der Waals surface area contributed by atoms with Crippen molar-refractivity contribution in [1.82, 2.24) is 14.6 Å². The second-order valence-corrected chi connectivity index (χ2v) is 6.93. The number of carbonyl (C=O) groups is 1. The van der Waals surface area contributed by atoms with E-state index < -0.39 is 5.97 Å². The lowest BCUT2D eigenvalue weighted by atomic mass is 10.0. The minimum atomic E-state index is -0.395. The van der Waals surface area contributed by atoms with Gasteiger partial charge in [-0.15, -0.1) is 0 Å². The molecule has 0 aliphatic carbocycles. The number of nitrogens with one attached hydrogen (secondary N) is 1. The van der Waals surface area contributed by atoms with E-state index in [9.17, 15) is 9.90 Å². The molecule has 4 aromatic rings. The summed E-state index contributed by atoms with van der Waals surface area (Å²) in [5.41, 5.74) is 4.44. The van der Waals surface area contributed by atoms with Crippen LogP contribution >= 0.6 is 0 Å². The molecule has 0 spiro atoms. The Balaban J connectivity index is 1.84. The summed E-state index contributed by atoms with van der Waals surface area (Å²) in [6.45, 7) is 3.90. The number of aromatic nitrogens is 3. The van der Waals surface area contributed by atoms with Gasteiger partial charge in [0.1, 0.15) is 17.6 Å². The number of anilines is 2. The van der Waals surface area contributed by atoms with E-state index in [1.54, 1.807) is 23.7 Å². The molecular weight excluding hydrogens is 380 g/mol. The van der Waals surface area contributed by atoms with Gasteiger partial charge in [0.2, 0.25) is 0 Å². The lowest BCUT2D eigenvalue weighted by Crippen LogP contribution is -2.07. The van der Waals surface area contributed by atoms with Gasteiger partial charge in [-0.3, -0.25) is 0 Å². The number of fused-ring (bicyclic) bond motifs is 1. The first kappa shape index (κ1) is 19.4. The minimum absolute atomic E-state index is 0.192. The number of hydrogen-bond donors (Lipinski definition) is 2. The zero-order chi connectivity index (χ0) is 21.1. The molecule has 0 unspecified atom stereocenters. The Kier molecular flexibility index (Phi) is 5.34. The number of ether oxygens (including phenoxy) is 1. The monoisotopic (exact) mass is 402 g/mol. The molecule has 0 saturated heterocycles. The van der Waals surface area contributed by atoms with E-state index in [0.717, 1.165) is 16.7 Å². The quantitative estimate of drug-likeness (QED) is 0.469. The van der Waals surface area contributed by atoms with E-state index in [4.69, 9.17) is 4.74 Å². The van der Waals surface area contributed by atoms with E-state index in [2.05, 4.69) is 15.4 Å². The molecule has 0 saturated carbocycles. The number of esters is 1. The molecule has 2 N–H and O–H groups in total. The van der Waals surface area contributed by atoms with Crippen LogP contribution in [0.2, 0.25) is 0 Å². The Morgan fingerprint density at radius 1 is 1.20 bits per heavy atom. The molecular formula is C23H22N4O3. The molecule has 0 atom stereocenters. The first-order chi connectivity index (χ1) is 14.6. The van der Waals surface area contributed by atoms with E-state index in [1.165, 1.54) is 6.33 Å². The second kappa shape index (κ2) is 8.24. The first-order valence-electron chi connectivity index (χ1n) is 9.69. The molecule has 2 aromatic heterocycles.